The summed E-state index contributed by atoms with van der Waals surface area (Å²) in [5, 5.41) is 0. The molecule has 0 atom stereocenters. The molecule has 3 aromatic rings. The van der Waals surface area contributed by atoms with Crippen molar-refractivity contribution in [1.82, 2.24) is 0 Å². The van der Waals surface area contributed by atoms with E-state index in [4.69, 9.17) is 4.74 Å². The van der Waals surface area contributed by atoms with Crippen molar-refractivity contribution in [2.75, 3.05) is 6.61 Å². The average Bonchev–Trinajstić information content (AvgIpc) is 2.99. The van der Waals surface area contributed by atoms with Crippen molar-refractivity contribution < 1.29 is 4.74 Å². The summed E-state index contributed by atoms with van der Waals surface area (Å²) in [4.78, 5) is 0. The molecule has 0 bridgehead atoms. The Labute approximate surface area is 147 Å². The third-order valence-corrected chi connectivity index (χ3v) is 4.97. The molecule has 2 aliphatic rings. The first kappa shape index (κ1) is 14.3. The number of rotatable bonds is 2. The van der Waals surface area contributed by atoms with Crippen molar-refractivity contribution in [3.05, 3.63) is 101 Å². The predicted molar refractivity (Wildman–Crippen MR) is 104 cm³/mol. The smallest absolute Gasteiger partial charge is 0.127 e. The number of allylic oxidation sites excluding steroid dienone is 2. The summed E-state index contributed by atoms with van der Waals surface area (Å²) in [6, 6.07) is 27.7. The van der Waals surface area contributed by atoms with Crippen LogP contribution in [0, 0.1) is 0 Å². The minimum atomic E-state index is 0.751. The van der Waals surface area contributed by atoms with Gasteiger partial charge < -0.3 is 4.74 Å². The molecule has 0 saturated carbocycles. The Balaban J connectivity index is 1.81. The minimum absolute atomic E-state index is 0.751. The number of benzene rings is 3. The van der Waals surface area contributed by atoms with Gasteiger partial charge in [-0.05, 0) is 45.6 Å². The van der Waals surface area contributed by atoms with Gasteiger partial charge in [0.1, 0.15) is 5.75 Å². The maximum absolute atomic E-state index is 5.94. The van der Waals surface area contributed by atoms with E-state index in [2.05, 4.69) is 84.9 Å². The molecule has 3 aromatic carbocycles. The van der Waals surface area contributed by atoms with Gasteiger partial charge in [-0.25, -0.2) is 0 Å². The second kappa shape index (κ2) is 5.78. The lowest BCUT2D eigenvalue weighted by Gasteiger charge is -2.19. The molecule has 1 heteroatoms. The zero-order chi connectivity index (χ0) is 16.6. The van der Waals surface area contributed by atoms with Gasteiger partial charge >= 0.3 is 0 Å². The summed E-state index contributed by atoms with van der Waals surface area (Å²) in [5.74, 6) is 1.02. The van der Waals surface area contributed by atoms with E-state index >= 15 is 0 Å². The van der Waals surface area contributed by atoms with Gasteiger partial charge in [-0.2, -0.15) is 0 Å². The molecule has 0 spiro atoms. The molecule has 1 aliphatic carbocycles. The van der Waals surface area contributed by atoms with Gasteiger partial charge in [0.15, 0.2) is 0 Å². The van der Waals surface area contributed by atoms with Crippen LogP contribution >= 0.6 is 0 Å². The number of hydrogen-bond acceptors (Lipinski definition) is 1. The molecule has 0 saturated heterocycles. The highest BCUT2D eigenvalue weighted by molar-refractivity contribution is 6.25. The lowest BCUT2D eigenvalue weighted by Crippen LogP contribution is -2.07. The van der Waals surface area contributed by atoms with Gasteiger partial charge in [-0.3, -0.25) is 0 Å². The van der Waals surface area contributed by atoms with E-state index in [9.17, 15) is 0 Å². The Kier molecular flexibility index (Phi) is 3.31. The first-order valence-corrected chi connectivity index (χ1v) is 8.74. The number of ether oxygens (including phenoxy) is 1. The SMILES string of the molecule is C(=C1C(c2ccccc2)=C2CCOc3cccc1c32)c1ccccc1. The molecule has 5 rings (SSSR count). The lowest BCUT2D eigenvalue weighted by molar-refractivity contribution is 0.317. The average molecular weight is 322 g/mol. The highest BCUT2D eigenvalue weighted by atomic mass is 16.5. The molecule has 0 N–H and O–H groups in total. The van der Waals surface area contributed by atoms with Crippen LogP contribution in [0.15, 0.2) is 78.9 Å². The van der Waals surface area contributed by atoms with Crippen LogP contribution in [-0.4, -0.2) is 6.61 Å². The molecule has 25 heavy (non-hydrogen) atoms. The van der Waals surface area contributed by atoms with Crippen molar-refractivity contribution in [3.8, 4) is 5.75 Å². The topological polar surface area (TPSA) is 9.23 Å². The third kappa shape index (κ3) is 2.32. The molecule has 0 radical (unpaired) electrons. The van der Waals surface area contributed by atoms with Gasteiger partial charge in [0.2, 0.25) is 0 Å². The van der Waals surface area contributed by atoms with Crippen molar-refractivity contribution >= 4 is 22.8 Å². The third-order valence-electron chi connectivity index (χ3n) is 4.97. The molecule has 120 valence electrons. The highest BCUT2D eigenvalue weighted by Gasteiger charge is 2.31. The fourth-order valence-electron chi connectivity index (χ4n) is 3.92. The predicted octanol–water partition coefficient (Wildman–Crippen LogP) is 5.93. The maximum atomic E-state index is 5.94. The van der Waals surface area contributed by atoms with Crippen LogP contribution in [0.2, 0.25) is 0 Å². The van der Waals surface area contributed by atoms with E-state index in [1.165, 1.54) is 39.0 Å². The maximum Gasteiger partial charge on any atom is 0.127 e. The minimum Gasteiger partial charge on any atom is -0.493 e. The Hall–Kier alpha value is -3.06. The van der Waals surface area contributed by atoms with E-state index in [-0.39, 0.29) is 0 Å². The molecule has 0 amide bonds. The fourth-order valence-corrected chi connectivity index (χ4v) is 3.92. The van der Waals surface area contributed by atoms with Crippen molar-refractivity contribution in [2.45, 2.75) is 6.42 Å². The van der Waals surface area contributed by atoms with E-state index in [0.717, 1.165) is 18.8 Å². The molecular formula is C24H18O. The van der Waals surface area contributed by atoms with Gasteiger partial charge in [-0.15, -0.1) is 0 Å². The normalized spacial score (nSPS) is 16.7. The van der Waals surface area contributed by atoms with Gasteiger partial charge in [0.25, 0.3) is 0 Å². The quantitative estimate of drug-likeness (QED) is 0.568. The van der Waals surface area contributed by atoms with E-state index in [1.54, 1.807) is 0 Å². The second-order valence-electron chi connectivity index (χ2n) is 6.47. The Morgan fingerprint density at radius 3 is 2.32 bits per heavy atom. The van der Waals surface area contributed by atoms with Crippen molar-refractivity contribution in [3.63, 3.8) is 0 Å². The summed E-state index contributed by atoms with van der Waals surface area (Å²) in [6.45, 7) is 0.751. The van der Waals surface area contributed by atoms with Crippen LogP contribution < -0.4 is 4.74 Å². The van der Waals surface area contributed by atoms with Crippen LogP contribution in [-0.2, 0) is 0 Å². The number of hydrogen-bond donors (Lipinski definition) is 0. The molecular weight excluding hydrogens is 304 g/mol. The van der Waals surface area contributed by atoms with Crippen LogP contribution in [0.4, 0.5) is 0 Å². The largest absolute Gasteiger partial charge is 0.493 e. The monoisotopic (exact) mass is 322 g/mol. The van der Waals surface area contributed by atoms with Gasteiger partial charge in [0, 0.05) is 12.0 Å². The van der Waals surface area contributed by atoms with Crippen molar-refractivity contribution in [1.29, 1.82) is 0 Å². The molecule has 0 unspecified atom stereocenters. The van der Waals surface area contributed by atoms with Gasteiger partial charge in [0.05, 0.1) is 6.61 Å². The molecule has 0 aromatic heterocycles. The second-order valence-corrected chi connectivity index (χ2v) is 6.47. The Morgan fingerprint density at radius 1 is 0.760 bits per heavy atom. The van der Waals surface area contributed by atoms with Crippen LogP contribution in [0.1, 0.15) is 28.7 Å². The zero-order valence-electron chi connectivity index (χ0n) is 13.9. The Bertz CT molecular complexity index is 995. The summed E-state index contributed by atoms with van der Waals surface area (Å²) in [5.41, 5.74) is 9.16. The van der Waals surface area contributed by atoms with Crippen molar-refractivity contribution in [2.24, 2.45) is 0 Å². The molecule has 1 aliphatic heterocycles. The lowest BCUT2D eigenvalue weighted by atomic mass is 9.94. The summed E-state index contributed by atoms with van der Waals surface area (Å²) < 4.78 is 5.94. The summed E-state index contributed by atoms with van der Waals surface area (Å²) >= 11 is 0. The zero-order valence-corrected chi connectivity index (χ0v) is 13.9. The summed E-state index contributed by atoms with van der Waals surface area (Å²) in [7, 11) is 0. The molecule has 1 heterocycles. The molecule has 1 nitrogen and oxygen atoms in total. The Morgan fingerprint density at radius 2 is 1.52 bits per heavy atom. The van der Waals surface area contributed by atoms with E-state index in [0.29, 0.717) is 0 Å². The first-order chi connectivity index (χ1) is 12.4. The summed E-state index contributed by atoms with van der Waals surface area (Å²) in [6.07, 6.45) is 3.27. The van der Waals surface area contributed by atoms with E-state index in [1.807, 2.05) is 0 Å². The van der Waals surface area contributed by atoms with E-state index < -0.39 is 0 Å². The fraction of sp³-hybridized carbons (Fsp3) is 0.0833. The van der Waals surface area contributed by atoms with Crippen LogP contribution in [0.5, 0.6) is 5.75 Å². The highest BCUT2D eigenvalue weighted by Crippen LogP contribution is 2.52. The van der Waals surface area contributed by atoms with Crippen LogP contribution in [0.25, 0.3) is 22.8 Å². The first-order valence-electron chi connectivity index (χ1n) is 8.74. The van der Waals surface area contributed by atoms with Gasteiger partial charge in [-0.1, -0.05) is 72.8 Å². The van der Waals surface area contributed by atoms with Crippen LogP contribution in [0.3, 0.4) is 0 Å². The molecule has 0 fully saturated rings. The standard InChI is InChI=1S/C24H18O/c1-3-8-17(9-4-1)16-21-19-12-7-13-22-24(19)20(14-15-25-22)23(21)18-10-5-2-6-11-18/h1-13,16H,14-15H2.